The van der Waals surface area contributed by atoms with Crippen LogP contribution in [0.15, 0.2) is 12.1 Å². The molecule has 1 aromatic rings. The Hall–Kier alpha value is -1.22. The molecule has 1 rings (SSSR count). The number of hydrogen-bond donors (Lipinski definition) is 0. The third kappa shape index (κ3) is 2.89. The molecule has 0 radical (unpaired) electrons. The molecular formula is C12H15ClO3. The second-order valence-corrected chi connectivity index (χ2v) is 4.15. The SMILES string of the molecule is COC(=O)c1cc(Cl)c(C)c(OC(C)C)c1. The third-order valence-electron chi connectivity index (χ3n) is 2.08. The van der Waals surface area contributed by atoms with Crippen LogP contribution < -0.4 is 4.74 Å². The summed E-state index contributed by atoms with van der Waals surface area (Å²) < 4.78 is 10.2. The van der Waals surface area contributed by atoms with Crippen molar-refractivity contribution in [3.05, 3.63) is 28.3 Å². The van der Waals surface area contributed by atoms with Gasteiger partial charge < -0.3 is 9.47 Å². The van der Waals surface area contributed by atoms with E-state index >= 15 is 0 Å². The lowest BCUT2D eigenvalue weighted by Crippen LogP contribution is -2.09. The summed E-state index contributed by atoms with van der Waals surface area (Å²) in [7, 11) is 1.33. The molecule has 0 aliphatic rings. The Balaban J connectivity index is 3.16. The van der Waals surface area contributed by atoms with Crippen LogP contribution in [0.1, 0.15) is 29.8 Å². The Labute approximate surface area is 100 Å². The number of methoxy groups -OCH3 is 1. The highest BCUT2D eigenvalue weighted by molar-refractivity contribution is 6.31. The molecule has 0 spiro atoms. The highest BCUT2D eigenvalue weighted by Gasteiger charge is 2.13. The molecule has 0 aromatic heterocycles. The molecule has 0 saturated heterocycles. The van der Waals surface area contributed by atoms with Gasteiger partial charge in [0, 0.05) is 10.6 Å². The van der Waals surface area contributed by atoms with Crippen molar-refractivity contribution in [1.29, 1.82) is 0 Å². The number of rotatable bonds is 3. The van der Waals surface area contributed by atoms with Crippen molar-refractivity contribution in [1.82, 2.24) is 0 Å². The smallest absolute Gasteiger partial charge is 0.338 e. The molecule has 0 fully saturated rings. The molecule has 0 bridgehead atoms. The van der Waals surface area contributed by atoms with Gasteiger partial charge in [0.2, 0.25) is 0 Å². The van der Waals surface area contributed by atoms with E-state index in [2.05, 4.69) is 4.74 Å². The van der Waals surface area contributed by atoms with Crippen LogP contribution >= 0.6 is 11.6 Å². The predicted molar refractivity (Wildman–Crippen MR) is 63.3 cm³/mol. The Morgan fingerprint density at radius 1 is 1.38 bits per heavy atom. The lowest BCUT2D eigenvalue weighted by Gasteiger charge is -2.14. The summed E-state index contributed by atoms with van der Waals surface area (Å²) in [6, 6.07) is 3.23. The van der Waals surface area contributed by atoms with Gasteiger partial charge in [-0.25, -0.2) is 4.79 Å². The second-order valence-electron chi connectivity index (χ2n) is 3.74. The third-order valence-corrected chi connectivity index (χ3v) is 2.47. The molecular weight excluding hydrogens is 228 g/mol. The van der Waals surface area contributed by atoms with E-state index in [0.717, 1.165) is 5.56 Å². The topological polar surface area (TPSA) is 35.5 Å². The number of carbonyl (C=O) groups excluding carboxylic acids is 1. The van der Waals surface area contributed by atoms with E-state index in [9.17, 15) is 4.79 Å². The van der Waals surface area contributed by atoms with Gasteiger partial charge in [0.25, 0.3) is 0 Å². The van der Waals surface area contributed by atoms with Crippen LogP contribution in [0, 0.1) is 6.92 Å². The summed E-state index contributed by atoms with van der Waals surface area (Å²) in [6.45, 7) is 5.68. The Morgan fingerprint density at radius 3 is 2.50 bits per heavy atom. The minimum absolute atomic E-state index is 0.0302. The monoisotopic (exact) mass is 242 g/mol. The van der Waals surface area contributed by atoms with Gasteiger partial charge in [-0.1, -0.05) is 11.6 Å². The van der Waals surface area contributed by atoms with Crippen molar-refractivity contribution < 1.29 is 14.3 Å². The maximum Gasteiger partial charge on any atom is 0.338 e. The van der Waals surface area contributed by atoms with Crippen molar-refractivity contribution in [2.75, 3.05) is 7.11 Å². The Morgan fingerprint density at radius 2 is 2.00 bits per heavy atom. The van der Waals surface area contributed by atoms with Crippen molar-refractivity contribution in [2.45, 2.75) is 26.9 Å². The normalized spacial score (nSPS) is 10.4. The van der Waals surface area contributed by atoms with E-state index in [1.165, 1.54) is 7.11 Å². The molecule has 0 atom stereocenters. The molecule has 4 heteroatoms. The minimum Gasteiger partial charge on any atom is -0.491 e. The molecule has 0 saturated carbocycles. The van der Waals surface area contributed by atoms with E-state index < -0.39 is 5.97 Å². The zero-order valence-corrected chi connectivity index (χ0v) is 10.6. The summed E-state index contributed by atoms with van der Waals surface area (Å²) >= 11 is 6.02. The van der Waals surface area contributed by atoms with Crippen molar-refractivity contribution in [3.8, 4) is 5.75 Å². The highest BCUT2D eigenvalue weighted by atomic mass is 35.5. The molecule has 0 aliphatic carbocycles. The lowest BCUT2D eigenvalue weighted by atomic mass is 10.1. The van der Waals surface area contributed by atoms with Gasteiger partial charge in [0.15, 0.2) is 0 Å². The molecule has 0 amide bonds. The van der Waals surface area contributed by atoms with Crippen LogP contribution in [0.4, 0.5) is 0 Å². The molecule has 16 heavy (non-hydrogen) atoms. The molecule has 0 N–H and O–H groups in total. The minimum atomic E-state index is -0.421. The van der Waals surface area contributed by atoms with Crippen molar-refractivity contribution in [2.24, 2.45) is 0 Å². The van der Waals surface area contributed by atoms with Crippen molar-refractivity contribution in [3.63, 3.8) is 0 Å². The first kappa shape index (κ1) is 12.8. The molecule has 3 nitrogen and oxygen atoms in total. The number of ether oxygens (including phenoxy) is 2. The first-order valence-electron chi connectivity index (χ1n) is 5.00. The van der Waals surface area contributed by atoms with Gasteiger partial charge in [-0.3, -0.25) is 0 Å². The summed E-state index contributed by atoms with van der Waals surface area (Å²) in [5.74, 6) is 0.193. The fourth-order valence-corrected chi connectivity index (χ4v) is 1.48. The van der Waals surface area contributed by atoms with Gasteiger partial charge in [-0.15, -0.1) is 0 Å². The number of carbonyl (C=O) groups is 1. The standard InChI is InChI=1S/C12H15ClO3/c1-7(2)16-11-6-9(12(14)15-4)5-10(13)8(11)3/h5-7H,1-4H3. The van der Waals surface area contributed by atoms with E-state index in [0.29, 0.717) is 16.3 Å². The number of esters is 1. The largest absolute Gasteiger partial charge is 0.491 e. The summed E-state index contributed by atoms with van der Waals surface area (Å²) in [4.78, 5) is 11.4. The van der Waals surface area contributed by atoms with Gasteiger partial charge in [-0.05, 0) is 32.9 Å². The van der Waals surface area contributed by atoms with Crippen molar-refractivity contribution >= 4 is 17.6 Å². The fraction of sp³-hybridized carbons (Fsp3) is 0.417. The summed E-state index contributed by atoms with van der Waals surface area (Å²) in [5, 5.41) is 0.499. The maximum atomic E-state index is 11.4. The Kier molecular flexibility index (Phi) is 4.19. The zero-order chi connectivity index (χ0) is 12.3. The molecule has 0 aliphatic heterocycles. The number of hydrogen-bond acceptors (Lipinski definition) is 3. The highest BCUT2D eigenvalue weighted by Crippen LogP contribution is 2.28. The average Bonchev–Trinajstić information content (AvgIpc) is 2.22. The first-order chi connectivity index (χ1) is 7.45. The van der Waals surface area contributed by atoms with Gasteiger partial charge >= 0.3 is 5.97 Å². The number of halogens is 1. The van der Waals surface area contributed by atoms with Crippen LogP contribution in [0.25, 0.3) is 0 Å². The average molecular weight is 243 g/mol. The van der Waals surface area contributed by atoms with E-state index in [1.807, 2.05) is 20.8 Å². The first-order valence-corrected chi connectivity index (χ1v) is 5.38. The van der Waals surface area contributed by atoms with E-state index in [-0.39, 0.29) is 6.10 Å². The molecule has 0 unspecified atom stereocenters. The van der Waals surface area contributed by atoms with Gasteiger partial charge in [0.1, 0.15) is 5.75 Å². The van der Waals surface area contributed by atoms with Crippen LogP contribution in [-0.2, 0) is 4.74 Å². The fourth-order valence-electron chi connectivity index (χ4n) is 1.27. The second kappa shape index (κ2) is 5.21. The van der Waals surface area contributed by atoms with Crippen LogP contribution in [0.3, 0.4) is 0 Å². The quantitative estimate of drug-likeness (QED) is 0.764. The number of benzene rings is 1. The Bertz CT molecular complexity index is 399. The lowest BCUT2D eigenvalue weighted by molar-refractivity contribution is 0.0600. The molecule has 1 aromatic carbocycles. The van der Waals surface area contributed by atoms with Crippen LogP contribution in [0.2, 0.25) is 5.02 Å². The summed E-state index contributed by atoms with van der Waals surface area (Å²) in [6.07, 6.45) is 0.0302. The van der Waals surface area contributed by atoms with Gasteiger partial charge in [0.05, 0.1) is 18.8 Å². The zero-order valence-electron chi connectivity index (χ0n) is 9.83. The predicted octanol–water partition coefficient (Wildman–Crippen LogP) is 3.22. The van der Waals surface area contributed by atoms with E-state index in [4.69, 9.17) is 16.3 Å². The maximum absolute atomic E-state index is 11.4. The molecule has 88 valence electrons. The molecule has 0 heterocycles. The van der Waals surface area contributed by atoms with Gasteiger partial charge in [-0.2, -0.15) is 0 Å². The summed E-state index contributed by atoms with van der Waals surface area (Å²) in [5.41, 5.74) is 1.22. The van der Waals surface area contributed by atoms with Crippen LogP contribution in [0.5, 0.6) is 5.75 Å². The van der Waals surface area contributed by atoms with Crippen LogP contribution in [-0.4, -0.2) is 19.2 Å². The van der Waals surface area contributed by atoms with E-state index in [1.54, 1.807) is 12.1 Å².